The number of rotatable bonds is 25. The van der Waals surface area contributed by atoms with Crippen molar-refractivity contribution in [1.29, 1.82) is 0 Å². The molecule has 4 N–H and O–H groups in total. The Kier molecular flexibility index (Phi) is 22.1. The summed E-state index contributed by atoms with van der Waals surface area (Å²) < 4.78 is 26.6. The molecule has 2 aromatic carbocycles. The zero-order chi connectivity index (χ0) is 53.1. The van der Waals surface area contributed by atoms with Crippen molar-refractivity contribution in [3.63, 3.8) is 0 Å². The average molecular weight is 1040 g/mol. The zero-order valence-electron chi connectivity index (χ0n) is 45.9. The Morgan fingerprint density at radius 2 is 1.09 bits per heavy atom. The molecule has 2 saturated carbocycles. The van der Waals surface area contributed by atoms with E-state index in [1.165, 1.54) is 44.9 Å². The van der Waals surface area contributed by atoms with Crippen molar-refractivity contribution in [3.05, 3.63) is 59.9 Å². The van der Waals surface area contributed by atoms with Gasteiger partial charge in [-0.05, 0) is 152 Å². The molecule has 0 bridgehead atoms. The molecule has 17 nitrogen and oxygen atoms in total. The van der Waals surface area contributed by atoms with E-state index in [-0.39, 0.29) is 61.0 Å². The third-order valence-electron chi connectivity index (χ3n) is 15.8. The fourth-order valence-corrected chi connectivity index (χ4v) is 11.2. The first-order valence-corrected chi connectivity index (χ1v) is 28.2. The van der Waals surface area contributed by atoms with E-state index >= 15 is 0 Å². The summed E-state index contributed by atoms with van der Waals surface area (Å²) in [7, 11) is 6.55. The van der Waals surface area contributed by atoms with Gasteiger partial charge in [-0.2, -0.15) is 10.2 Å². The molecule has 0 radical (unpaired) electrons. The molecule has 2 saturated heterocycles. The molecule has 2 aromatic heterocycles. The number of amides is 3. The van der Waals surface area contributed by atoms with Crippen molar-refractivity contribution in [2.75, 3.05) is 74.3 Å². The molecule has 2 aliphatic heterocycles. The Balaban J connectivity index is 0.000000221. The fourth-order valence-electron chi connectivity index (χ4n) is 11.2. The van der Waals surface area contributed by atoms with Crippen LogP contribution in [0, 0.1) is 0 Å². The van der Waals surface area contributed by atoms with Crippen LogP contribution < -0.4 is 34.9 Å². The average Bonchev–Trinajstić information content (AvgIpc) is 4.23. The molecule has 4 aliphatic rings. The van der Waals surface area contributed by atoms with E-state index in [0.29, 0.717) is 40.8 Å². The van der Waals surface area contributed by atoms with Gasteiger partial charge < -0.3 is 49.8 Å². The Morgan fingerprint density at radius 3 is 1.57 bits per heavy atom. The summed E-state index contributed by atoms with van der Waals surface area (Å²) in [6.07, 6.45) is 19.2. The van der Waals surface area contributed by atoms with Crippen LogP contribution in [0.15, 0.2) is 48.5 Å². The Hall–Kier alpha value is -5.65. The van der Waals surface area contributed by atoms with Gasteiger partial charge in [-0.15, -0.1) is 0 Å². The van der Waals surface area contributed by atoms with Gasteiger partial charge in [0.2, 0.25) is 5.91 Å². The Labute approximate surface area is 445 Å². The number of methoxy groups -OCH3 is 4. The smallest absolute Gasteiger partial charge is 0.272 e. The van der Waals surface area contributed by atoms with E-state index in [9.17, 15) is 19.5 Å². The fraction of sp³-hybridized carbons (Fsp3) is 0.638. The van der Waals surface area contributed by atoms with Gasteiger partial charge in [0.15, 0.2) is 11.4 Å². The van der Waals surface area contributed by atoms with Crippen molar-refractivity contribution in [3.8, 4) is 45.5 Å². The second-order valence-electron chi connectivity index (χ2n) is 20.8. The van der Waals surface area contributed by atoms with Crippen LogP contribution in [0.25, 0.3) is 22.5 Å². The minimum Gasteiger partial charge on any atom is -0.496 e. The number of aromatic nitrogens is 4. The SMILES string of the molecule is CCC(CC)n1nc(C(=O)NC(CCN2CCCCC2)CC(=O)NC2CCC2)cc1-c1c(OC)cccc1OC.COc1cccc(OC)c1-c1cc(C(=O)NC(CCO)CCN2CCCCC2)nn1C1CCCC1. The summed E-state index contributed by atoms with van der Waals surface area (Å²) in [5.41, 5.74) is 3.92. The minimum absolute atomic E-state index is 0.00986. The third-order valence-corrected chi connectivity index (χ3v) is 15.8. The topological polar surface area (TPSA) is 187 Å². The largest absolute Gasteiger partial charge is 0.496 e. The van der Waals surface area contributed by atoms with Gasteiger partial charge in [0.1, 0.15) is 23.0 Å². The van der Waals surface area contributed by atoms with Crippen molar-refractivity contribution >= 4 is 17.7 Å². The number of nitrogens with one attached hydrogen (secondary N) is 3. The maximum atomic E-state index is 13.7. The molecule has 3 amide bonds. The number of hydrogen-bond acceptors (Lipinski definition) is 12. The van der Waals surface area contributed by atoms with Gasteiger partial charge in [0.25, 0.3) is 11.8 Å². The van der Waals surface area contributed by atoms with Crippen LogP contribution in [-0.2, 0) is 4.79 Å². The van der Waals surface area contributed by atoms with Gasteiger partial charge in [0.05, 0.1) is 63.0 Å². The van der Waals surface area contributed by atoms with Gasteiger partial charge in [-0.25, -0.2) is 0 Å². The van der Waals surface area contributed by atoms with Crippen LogP contribution in [-0.4, -0.2) is 145 Å². The molecular weight excluding hydrogens is 951 g/mol. The molecule has 75 heavy (non-hydrogen) atoms. The summed E-state index contributed by atoms with van der Waals surface area (Å²) >= 11 is 0. The number of aliphatic hydroxyl groups excluding tert-OH is 1. The number of benzene rings is 2. The first kappa shape index (κ1) is 57.1. The molecule has 2 aliphatic carbocycles. The van der Waals surface area contributed by atoms with Crippen LogP contribution >= 0.6 is 0 Å². The highest BCUT2D eigenvalue weighted by Gasteiger charge is 2.30. The summed E-state index contributed by atoms with van der Waals surface area (Å²) in [5, 5.41) is 28.7. The molecule has 0 spiro atoms. The standard InChI is InChI=1S/C31H47N5O4.C27H40N4O4/c1-5-24(6-2)36-26(30-27(39-3)14-11-15-28(30)40-4)21-25(34-36)31(38)33-23(16-19-35-17-8-7-9-18-35)20-29(37)32-22-12-10-13-22;1-34-24-11-8-12-25(35-2)26(24)23-19-22(29-31(23)21-9-4-5-10-21)27(33)28-20(14-18-32)13-17-30-15-6-3-7-16-30/h11,14-15,21-24H,5-10,12-13,16-20H2,1-4H3,(H,32,37)(H,33,38);8,11-12,19-21,32H,3-7,9-10,13-18H2,1-2H3,(H,28,33). The normalized spacial score (nSPS) is 17.3. The van der Waals surface area contributed by atoms with Crippen LogP contribution in [0.4, 0.5) is 0 Å². The van der Waals surface area contributed by atoms with E-state index in [2.05, 4.69) is 39.6 Å². The maximum absolute atomic E-state index is 13.7. The van der Waals surface area contributed by atoms with Crippen molar-refractivity contribution < 1.29 is 38.4 Å². The lowest BCUT2D eigenvalue weighted by molar-refractivity contribution is -0.122. The summed E-state index contributed by atoms with van der Waals surface area (Å²) in [4.78, 5) is 44.8. The van der Waals surface area contributed by atoms with Gasteiger partial charge >= 0.3 is 0 Å². The number of ether oxygens (including phenoxy) is 4. The highest BCUT2D eigenvalue weighted by molar-refractivity contribution is 5.95. The molecule has 412 valence electrons. The molecular formula is C58H87N9O8. The van der Waals surface area contributed by atoms with Gasteiger partial charge in [-0.1, -0.05) is 51.7 Å². The monoisotopic (exact) mass is 1040 g/mol. The second kappa shape index (κ2) is 29.0. The maximum Gasteiger partial charge on any atom is 0.272 e. The summed E-state index contributed by atoms with van der Waals surface area (Å²) in [6.45, 7) is 10.5. The van der Waals surface area contributed by atoms with Crippen molar-refractivity contribution in [2.45, 2.75) is 166 Å². The predicted molar refractivity (Wildman–Crippen MR) is 293 cm³/mol. The zero-order valence-corrected chi connectivity index (χ0v) is 45.9. The van der Waals surface area contributed by atoms with E-state index in [4.69, 9.17) is 29.1 Å². The quantitative estimate of drug-likeness (QED) is 0.0495. The third kappa shape index (κ3) is 15.3. The molecule has 2 atom stereocenters. The van der Waals surface area contributed by atoms with E-state index in [1.54, 1.807) is 28.4 Å². The Morgan fingerprint density at radius 1 is 0.613 bits per heavy atom. The number of aliphatic hydroxyl groups is 1. The molecule has 17 heteroatoms. The highest BCUT2D eigenvalue weighted by atomic mass is 16.5. The van der Waals surface area contributed by atoms with Crippen LogP contribution in [0.3, 0.4) is 0 Å². The number of hydrogen-bond donors (Lipinski definition) is 4. The highest BCUT2D eigenvalue weighted by Crippen LogP contribution is 2.43. The molecule has 4 fully saturated rings. The van der Waals surface area contributed by atoms with E-state index in [0.717, 1.165) is 126 Å². The van der Waals surface area contributed by atoms with Crippen LogP contribution in [0.5, 0.6) is 23.0 Å². The predicted octanol–water partition coefficient (Wildman–Crippen LogP) is 9.00. The van der Waals surface area contributed by atoms with Crippen molar-refractivity contribution in [2.24, 2.45) is 0 Å². The summed E-state index contributed by atoms with van der Waals surface area (Å²) in [5.74, 6) is 2.24. The lowest BCUT2D eigenvalue weighted by Gasteiger charge is -2.29. The Bertz CT molecular complexity index is 2370. The molecule has 4 heterocycles. The number of carbonyl (C=O) groups is 3. The first-order valence-electron chi connectivity index (χ1n) is 28.2. The molecule has 2 unspecified atom stereocenters. The van der Waals surface area contributed by atoms with E-state index < -0.39 is 0 Å². The van der Waals surface area contributed by atoms with Gasteiger partial charge in [0, 0.05) is 44.2 Å². The number of nitrogens with zero attached hydrogens (tertiary/aromatic N) is 6. The number of piperidine rings is 2. The van der Waals surface area contributed by atoms with E-state index in [1.807, 2.05) is 57.9 Å². The van der Waals surface area contributed by atoms with Crippen molar-refractivity contribution in [1.82, 2.24) is 45.3 Å². The molecule has 4 aromatic rings. The molecule has 8 rings (SSSR count). The summed E-state index contributed by atoms with van der Waals surface area (Å²) in [6, 6.07) is 15.3. The number of likely N-dealkylation sites (tertiary alicyclic amines) is 2. The van der Waals surface area contributed by atoms with Gasteiger partial charge in [-0.3, -0.25) is 23.7 Å². The number of carbonyl (C=O) groups excluding carboxylic acids is 3. The first-order chi connectivity index (χ1) is 36.6. The van der Waals surface area contributed by atoms with Crippen LogP contribution in [0.2, 0.25) is 0 Å². The lowest BCUT2D eigenvalue weighted by atomic mass is 9.93. The minimum atomic E-state index is -0.267. The lowest BCUT2D eigenvalue weighted by Crippen LogP contribution is -2.45. The second-order valence-corrected chi connectivity index (χ2v) is 20.8. The van der Waals surface area contributed by atoms with Crippen LogP contribution in [0.1, 0.15) is 169 Å².